The van der Waals surface area contributed by atoms with Gasteiger partial charge >= 0.3 is 0 Å². The van der Waals surface area contributed by atoms with E-state index in [1.54, 1.807) is 6.07 Å². The van der Waals surface area contributed by atoms with Crippen molar-refractivity contribution in [1.29, 1.82) is 0 Å². The van der Waals surface area contributed by atoms with Gasteiger partial charge in [0, 0.05) is 11.1 Å². The van der Waals surface area contributed by atoms with E-state index >= 15 is 0 Å². The Morgan fingerprint density at radius 1 is 1.23 bits per heavy atom. The van der Waals surface area contributed by atoms with Gasteiger partial charge in [0.05, 0.1) is 6.61 Å². The molecule has 1 saturated carbocycles. The van der Waals surface area contributed by atoms with Gasteiger partial charge in [-0.2, -0.15) is 0 Å². The number of carbonyl (C=O) groups excluding carboxylic acids is 1. The molecule has 1 fully saturated rings. The van der Waals surface area contributed by atoms with Crippen molar-refractivity contribution in [3.63, 3.8) is 0 Å². The Morgan fingerprint density at radius 2 is 2.00 bits per heavy atom. The zero-order valence-electron chi connectivity index (χ0n) is 15.7. The van der Waals surface area contributed by atoms with Gasteiger partial charge in [-0.1, -0.05) is 55.8 Å². The van der Waals surface area contributed by atoms with Gasteiger partial charge in [-0.05, 0) is 48.7 Å². The molecule has 0 spiro atoms. The normalized spacial score (nSPS) is 13.0. The predicted molar refractivity (Wildman–Crippen MR) is 109 cm³/mol. The third kappa shape index (κ3) is 8.04. The predicted octanol–water partition coefficient (Wildman–Crippen LogP) is 4.09. The SMILES string of the molecule is C[Si](C)(C)C#CC(=O)c1ccccc1C#CC#CCOC/C=C/C1CC1. The van der Waals surface area contributed by atoms with Gasteiger partial charge < -0.3 is 4.74 Å². The van der Waals surface area contributed by atoms with Crippen LogP contribution in [0.2, 0.25) is 19.6 Å². The molecule has 2 rings (SSSR count). The summed E-state index contributed by atoms with van der Waals surface area (Å²) in [5, 5.41) is 0. The smallest absolute Gasteiger partial charge is 0.236 e. The highest BCUT2D eigenvalue weighted by molar-refractivity contribution is 6.84. The molecule has 0 saturated heterocycles. The first-order valence-electron chi connectivity index (χ1n) is 8.85. The summed E-state index contributed by atoms with van der Waals surface area (Å²) in [6.07, 6.45) is 6.86. The molecule has 0 heterocycles. The fraction of sp³-hybridized carbons (Fsp3) is 0.348. The van der Waals surface area contributed by atoms with Crippen molar-refractivity contribution < 1.29 is 9.53 Å². The molecule has 1 aliphatic carbocycles. The summed E-state index contributed by atoms with van der Waals surface area (Å²) >= 11 is 0. The summed E-state index contributed by atoms with van der Waals surface area (Å²) in [5.41, 5.74) is 4.29. The number of rotatable bonds is 5. The average molecular weight is 361 g/mol. The maximum atomic E-state index is 12.3. The van der Waals surface area contributed by atoms with Crippen LogP contribution in [0.25, 0.3) is 0 Å². The summed E-state index contributed by atoms with van der Waals surface area (Å²) in [5.74, 6) is 14.7. The van der Waals surface area contributed by atoms with E-state index in [-0.39, 0.29) is 5.78 Å². The second-order valence-corrected chi connectivity index (χ2v) is 12.0. The number of carbonyl (C=O) groups is 1. The summed E-state index contributed by atoms with van der Waals surface area (Å²) in [7, 11) is -1.58. The van der Waals surface area contributed by atoms with Gasteiger partial charge in [-0.25, -0.2) is 0 Å². The molecule has 0 aliphatic heterocycles. The summed E-state index contributed by atoms with van der Waals surface area (Å²) < 4.78 is 5.39. The lowest BCUT2D eigenvalue weighted by Crippen LogP contribution is -2.17. The Bertz CT molecular complexity index is 851. The molecule has 0 radical (unpaired) electrons. The molecular formula is C23H24O2Si. The minimum Gasteiger partial charge on any atom is -0.365 e. The topological polar surface area (TPSA) is 26.3 Å². The number of allylic oxidation sites excluding steroid dienone is 1. The van der Waals surface area contributed by atoms with E-state index in [1.807, 2.05) is 24.3 Å². The first-order chi connectivity index (χ1) is 12.5. The maximum absolute atomic E-state index is 12.3. The molecular weight excluding hydrogens is 336 g/mol. The lowest BCUT2D eigenvalue weighted by molar-refractivity contribution is 0.105. The summed E-state index contributed by atoms with van der Waals surface area (Å²) in [6, 6.07) is 7.25. The van der Waals surface area contributed by atoms with Crippen molar-refractivity contribution in [2.24, 2.45) is 5.92 Å². The molecule has 26 heavy (non-hydrogen) atoms. The van der Waals surface area contributed by atoms with Crippen LogP contribution in [0.5, 0.6) is 0 Å². The quantitative estimate of drug-likeness (QED) is 0.260. The molecule has 0 atom stereocenters. The Hall–Kier alpha value is -2.51. The lowest BCUT2D eigenvalue weighted by atomic mass is 10.0. The van der Waals surface area contributed by atoms with Crippen LogP contribution in [0.3, 0.4) is 0 Å². The van der Waals surface area contributed by atoms with Crippen molar-refractivity contribution in [3.05, 3.63) is 47.5 Å². The van der Waals surface area contributed by atoms with E-state index in [0.29, 0.717) is 24.3 Å². The van der Waals surface area contributed by atoms with Gasteiger partial charge in [0.25, 0.3) is 0 Å². The van der Waals surface area contributed by atoms with Gasteiger partial charge in [0.15, 0.2) is 0 Å². The highest BCUT2D eigenvalue weighted by Gasteiger charge is 2.16. The van der Waals surface area contributed by atoms with Crippen LogP contribution in [0, 0.1) is 41.1 Å². The molecule has 0 bridgehead atoms. The van der Waals surface area contributed by atoms with Crippen LogP contribution in [0.1, 0.15) is 28.8 Å². The van der Waals surface area contributed by atoms with E-state index < -0.39 is 8.07 Å². The molecule has 1 aliphatic rings. The molecule has 1 aromatic carbocycles. The molecule has 0 N–H and O–H groups in total. The summed E-state index contributed by atoms with van der Waals surface area (Å²) in [6.45, 7) is 7.27. The number of hydrogen-bond donors (Lipinski definition) is 0. The number of ether oxygens (including phenoxy) is 1. The third-order valence-corrected chi connectivity index (χ3v) is 4.36. The molecule has 0 unspecified atom stereocenters. The maximum Gasteiger partial charge on any atom is 0.236 e. The van der Waals surface area contributed by atoms with E-state index in [9.17, 15) is 4.79 Å². The first-order valence-corrected chi connectivity index (χ1v) is 12.4. The van der Waals surface area contributed by atoms with E-state index in [1.165, 1.54) is 12.8 Å². The van der Waals surface area contributed by atoms with Crippen molar-refractivity contribution in [1.82, 2.24) is 0 Å². The van der Waals surface area contributed by atoms with E-state index in [4.69, 9.17) is 4.74 Å². The molecule has 132 valence electrons. The second-order valence-electron chi connectivity index (χ2n) is 7.21. The molecule has 3 heteroatoms. The number of hydrogen-bond acceptors (Lipinski definition) is 2. The molecule has 2 nitrogen and oxygen atoms in total. The Kier molecular flexibility index (Phi) is 7.49. The van der Waals surface area contributed by atoms with E-state index in [0.717, 1.165) is 5.92 Å². The fourth-order valence-electron chi connectivity index (χ4n) is 2.00. The zero-order valence-corrected chi connectivity index (χ0v) is 16.7. The van der Waals surface area contributed by atoms with Crippen molar-refractivity contribution in [2.75, 3.05) is 13.2 Å². The van der Waals surface area contributed by atoms with Crippen LogP contribution in [-0.2, 0) is 4.74 Å². The molecule has 0 aromatic heterocycles. The van der Waals surface area contributed by atoms with Crippen molar-refractivity contribution in [2.45, 2.75) is 32.5 Å². The Balaban J connectivity index is 1.91. The van der Waals surface area contributed by atoms with E-state index in [2.05, 4.69) is 60.9 Å². The molecule has 1 aromatic rings. The van der Waals surface area contributed by atoms with Crippen LogP contribution in [0.4, 0.5) is 0 Å². The van der Waals surface area contributed by atoms with Crippen LogP contribution >= 0.6 is 0 Å². The van der Waals surface area contributed by atoms with Gasteiger partial charge in [0.1, 0.15) is 14.7 Å². The van der Waals surface area contributed by atoms with Crippen LogP contribution in [0.15, 0.2) is 36.4 Å². The highest BCUT2D eigenvalue weighted by Crippen LogP contribution is 2.29. The monoisotopic (exact) mass is 360 g/mol. The zero-order chi connectivity index (χ0) is 18.8. The highest BCUT2D eigenvalue weighted by atomic mass is 28.3. The lowest BCUT2D eigenvalue weighted by Gasteiger charge is -2.03. The standard InChI is InChI=1S/C23H24O2Si/c1-26(2,3)19-16-23(24)22-13-7-6-12-21(22)11-5-4-8-17-25-18-9-10-20-14-15-20/h6-7,9-10,12-13,20H,14-15,17-18H2,1-3H3/b10-9+. The summed E-state index contributed by atoms with van der Waals surface area (Å²) in [4.78, 5) is 12.3. The van der Waals surface area contributed by atoms with Gasteiger partial charge in [-0.3, -0.25) is 4.79 Å². The van der Waals surface area contributed by atoms with Gasteiger partial charge in [0.2, 0.25) is 5.78 Å². The van der Waals surface area contributed by atoms with Gasteiger partial charge in [-0.15, -0.1) is 5.54 Å². The van der Waals surface area contributed by atoms with Crippen LogP contribution < -0.4 is 0 Å². The fourth-order valence-corrected chi connectivity index (χ4v) is 2.48. The van der Waals surface area contributed by atoms with Crippen molar-refractivity contribution >= 4 is 13.9 Å². The number of Topliss-reactive ketones (excluding diaryl/α,β-unsaturated/α-hetero) is 1. The van der Waals surface area contributed by atoms with Crippen molar-refractivity contribution in [3.8, 4) is 35.1 Å². The third-order valence-electron chi connectivity index (χ3n) is 3.49. The molecule has 0 amide bonds. The first kappa shape index (κ1) is 19.8. The minimum absolute atomic E-state index is 0.184. The number of benzene rings is 1. The second kappa shape index (κ2) is 9.84. The minimum atomic E-state index is -1.58. The Morgan fingerprint density at radius 3 is 2.73 bits per heavy atom. The Labute approximate surface area is 158 Å². The van der Waals surface area contributed by atoms with Crippen LogP contribution in [-0.4, -0.2) is 27.1 Å². The average Bonchev–Trinajstić information content (AvgIpc) is 3.42. The number of ketones is 1. The largest absolute Gasteiger partial charge is 0.365 e.